The molecule has 2 N–H and O–H groups in total. The number of amides is 1. The molecule has 0 aliphatic heterocycles. The van der Waals surface area contributed by atoms with E-state index in [2.05, 4.69) is 20.9 Å². The lowest BCUT2D eigenvalue weighted by molar-refractivity contribution is 0.0605. The van der Waals surface area contributed by atoms with E-state index < -0.39 is 11.7 Å². The molecule has 0 bridgehead atoms. The lowest BCUT2D eigenvalue weighted by Gasteiger charge is -2.17. The summed E-state index contributed by atoms with van der Waals surface area (Å²) in [4.78, 5) is 14.7. The third-order valence-corrected chi connectivity index (χ3v) is 1.75. The standard InChI is InChI=1S/C9H15BrN2O2/c1-9(2,3)14-8(13)12-6-7(4-10)5-11/h5-6H,4,11H2,1-3H3. The second-order valence-corrected chi connectivity index (χ2v) is 4.17. The molecule has 0 aliphatic carbocycles. The number of allylic oxidation sites excluding steroid dienone is 1. The zero-order chi connectivity index (χ0) is 11.2. The average molecular weight is 263 g/mol. The number of alkyl halides is 1. The highest BCUT2D eigenvalue weighted by molar-refractivity contribution is 9.09. The first-order chi connectivity index (χ1) is 6.39. The van der Waals surface area contributed by atoms with Gasteiger partial charge in [-0.15, -0.1) is 0 Å². The molecule has 0 radical (unpaired) electrons. The SMILES string of the molecule is CC(C)(C)OC(=O)N=CC(=CN)CBr. The Morgan fingerprint density at radius 2 is 2.14 bits per heavy atom. The van der Waals surface area contributed by atoms with E-state index in [1.165, 1.54) is 12.4 Å². The van der Waals surface area contributed by atoms with Gasteiger partial charge in [0.1, 0.15) is 5.60 Å². The van der Waals surface area contributed by atoms with Crippen molar-refractivity contribution in [3.63, 3.8) is 0 Å². The smallest absolute Gasteiger partial charge is 0.434 e. The van der Waals surface area contributed by atoms with Crippen LogP contribution in [0.3, 0.4) is 0 Å². The van der Waals surface area contributed by atoms with E-state index in [1.807, 2.05) is 0 Å². The molecule has 0 saturated heterocycles. The van der Waals surface area contributed by atoms with Crippen LogP contribution in [0.4, 0.5) is 4.79 Å². The molecule has 0 aromatic heterocycles. The van der Waals surface area contributed by atoms with Gasteiger partial charge in [-0.25, -0.2) is 4.79 Å². The number of hydrogen-bond donors (Lipinski definition) is 1. The second kappa shape index (κ2) is 5.80. The van der Waals surface area contributed by atoms with Crippen molar-refractivity contribution in [1.82, 2.24) is 0 Å². The number of carbonyl (C=O) groups is 1. The number of nitrogens with zero attached hydrogens (tertiary/aromatic N) is 1. The maximum atomic E-state index is 11.1. The molecule has 5 heteroatoms. The minimum Gasteiger partial charge on any atom is -0.442 e. The predicted octanol–water partition coefficient (Wildman–Crippen LogP) is 2.23. The summed E-state index contributed by atoms with van der Waals surface area (Å²) in [5, 5.41) is 0.551. The highest BCUT2D eigenvalue weighted by atomic mass is 79.9. The molecule has 0 aromatic carbocycles. The summed E-state index contributed by atoms with van der Waals surface area (Å²) in [6.45, 7) is 5.35. The fraction of sp³-hybridized carbons (Fsp3) is 0.556. The van der Waals surface area contributed by atoms with E-state index in [0.29, 0.717) is 5.33 Å². The number of hydrogen-bond acceptors (Lipinski definition) is 3. The van der Waals surface area contributed by atoms with E-state index in [9.17, 15) is 4.79 Å². The molecule has 80 valence electrons. The van der Waals surface area contributed by atoms with Crippen LogP contribution in [0.25, 0.3) is 0 Å². The van der Waals surface area contributed by atoms with Gasteiger partial charge in [0.15, 0.2) is 0 Å². The first-order valence-electron chi connectivity index (χ1n) is 4.13. The Kier molecular flexibility index (Phi) is 5.45. The zero-order valence-electron chi connectivity index (χ0n) is 8.58. The Balaban J connectivity index is 4.19. The molecule has 0 fully saturated rings. The topological polar surface area (TPSA) is 64.7 Å². The van der Waals surface area contributed by atoms with Gasteiger partial charge in [-0.05, 0) is 32.5 Å². The third-order valence-electron chi connectivity index (χ3n) is 1.10. The molecule has 14 heavy (non-hydrogen) atoms. The first-order valence-corrected chi connectivity index (χ1v) is 5.25. The number of aliphatic imine (C=N–C) groups is 1. The van der Waals surface area contributed by atoms with Crippen molar-refractivity contribution in [3.8, 4) is 0 Å². The molecular formula is C9H15BrN2O2. The maximum Gasteiger partial charge on any atom is 0.434 e. The van der Waals surface area contributed by atoms with Crippen molar-refractivity contribution < 1.29 is 9.53 Å². The minimum absolute atomic E-state index is 0.518. The van der Waals surface area contributed by atoms with Gasteiger partial charge in [-0.3, -0.25) is 0 Å². The largest absolute Gasteiger partial charge is 0.442 e. The number of carbonyl (C=O) groups excluding carboxylic acids is 1. The van der Waals surface area contributed by atoms with Crippen LogP contribution in [0, 0.1) is 0 Å². The summed E-state index contributed by atoms with van der Waals surface area (Å²) < 4.78 is 4.96. The van der Waals surface area contributed by atoms with E-state index in [4.69, 9.17) is 10.5 Å². The fourth-order valence-corrected chi connectivity index (χ4v) is 0.878. The van der Waals surface area contributed by atoms with Crippen LogP contribution in [-0.2, 0) is 4.74 Å². The Hall–Kier alpha value is -0.840. The van der Waals surface area contributed by atoms with Crippen molar-refractivity contribution >= 4 is 28.2 Å². The maximum absolute atomic E-state index is 11.1. The summed E-state index contributed by atoms with van der Waals surface area (Å²) in [6.07, 6.45) is 2.14. The molecule has 0 rings (SSSR count). The molecular weight excluding hydrogens is 248 g/mol. The van der Waals surface area contributed by atoms with E-state index in [0.717, 1.165) is 5.57 Å². The molecule has 0 spiro atoms. The van der Waals surface area contributed by atoms with Gasteiger partial charge in [-0.2, -0.15) is 4.99 Å². The monoisotopic (exact) mass is 262 g/mol. The van der Waals surface area contributed by atoms with Crippen molar-refractivity contribution in [3.05, 3.63) is 11.8 Å². The van der Waals surface area contributed by atoms with Gasteiger partial charge < -0.3 is 10.5 Å². The average Bonchev–Trinajstić information content (AvgIpc) is 2.03. The molecule has 0 aliphatic rings. The van der Waals surface area contributed by atoms with Gasteiger partial charge >= 0.3 is 6.09 Å². The van der Waals surface area contributed by atoms with Crippen molar-refractivity contribution in [2.45, 2.75) is 26.4 Å². The molecule has 0 aromatic rings. The van der Waals surface area contributed by atoms with Crippen LogP contribution in [-0.4, -0.2) is 23.2 Å². The van der Waals surface area contributed by atoms with Gasteiger partial charge in [0.25, 0.3) is 0 Å². The fourth-order valence-electron chi connectivity index (χ4n) is 0.546. The molecule has 0 heterocycles. The third kappa shape index (κ3) is 6.65. The Morgan fingerprint density at radius 1 is 1.57 bits per heavy atom. The summed E-state index contributed by atoms with van der Waals surface area (Å²) in [5.74, 6) is 0. The van der Waals surface area contributed by atoms with Crippen LogP contribution in [0.15, 0.2) is 16.8 Å². The van der Waals surface area contributed by atoms with Crippen molar-refractivity contribution in [2.24, 2.45) is 10.7 Å². The molecule has 0 saturated carbocycles. The van der Waals surface area contributed by atoms with Crippen LogP contribution in [0.5, 0.6) is 0 Å². The highest BCUT2D eigenvalue weighted by Gasteiger charge is 2.14. The number of nitrogens with two attached hydrogens (primary N) is 1. The van der Waals surface area contributed by atoms with Crippen LogP contribution < -0.4 is 5.73 Å². The number of ether oxygens (including phenoxy) is 1. The van der Waals surface area contributed by atoms with Gasteiger partial charge in [-0.1, -0.05) is 15.9 Å². The number of rotatable bonds is 2. The van der Waals surface area contributed by atoms with Gasteiger partial charge in [0.2, 0.25) is 0 Å². The summed E-state index contributed by atoms with van der Waals surface area (Å²) in [5.41, 5.74) is 5.46. The number of halogens is 1. The van der Waals surface area contributed by atoms with Gasteiger partial charge in [0, 0.05) is 11.5 Å². The molecule has 0 atom stereocenters. The Labute approximate surface area is 92.3 Å². The Morgan fingerprint density at radius 3 is 2.50 bits per heavy atom. The Bertz CT molecular complexity index is 254. The van der Waals surface area contributed by atoms with Crippen molar-refractivity contribution in [1.29, 1.82) is 0 Å². The molecule has 4 nitrogen and oxygen atoms in total. The molecule has 0 unspecified atom stereocenters. The lowest BCUT2D eigenvalue weighted by Crippen LogP contribution is -2.22. The van der Waals surface area contributed by atoms with E-state index >= 15 is 0 Å². The van der Waals surface area contributed by atoms with Gasteiger partial charge in [0.05, 0.1) is 0 Å². The summed E-state index contributed by atoms with van der Waals surface area (Å²) in [7, 11) is 0. The van der Waals surface area contributed by atoms with Crippen LogP contribution in [0.2, 0.25) is 0 Å². The van der Waals surface area contributed by atoms with E-state index in [1.54, 1.807) is 20.8 Å². The highest BCUT2D eigenvalue weighted by Crippen LogP contribution is 2.07. The van der Waals surface area contributed by atoms with Crippen LogP contribution in [0.1, 0.15) is 20.8 Å². The van der Waals surface area contributed by atoms with Crippen LogP contribution >= 0.6 is 15.9 Å². The normalized spacial score (nSPS) is 13.3. The van der Waals surface area contributed by atoms with E-state index in [-0.39, 0.29) is 0 Å². The van der Waals surface area contributed by atoms with Crippen molar-refractivity contribution in [2.75, 3.05) is 5.33 Å². The quantitative estimate of drug-likeness (QED) is 0.613. The zero-order valence-corrected chi connectivity index (χ0v) is 10.2. The lowest BCUT2D eigenvalue weighted by atomic mass is 10.2. The predicted molar refractivity (Wildman–Crippen MR) is 60.8 cm³/mol. The summed E-state index contributed by atoms with van der Waals surface area (Å²) in [6, 6.07) is 0. The molecule has 1 amide bonds. The first kappa shape index (κ1) is 13.2. The summed E-state index contributed by atoms with van der Waals surface area (Å²) >= 11 is 3.20. The minimum atomic E-state index is -0.613. The second-order valence-electron chi connectivity index (χ2n) is 3.61.